The zero-order valence-electron chi connectivity index (χ0n) is 17.0. The van der Waals surface area contributed by atoms with Crippen molar-refractivity contribution in [1.29, 1.82) is 0 Å². The Hall–Kier alpha value is -2.18. The van der Waals surface area contributed by atoms with Crippen LogP contribution in [0.5, 0.6) is 0 Å². The Bertz CT molecular complexity index is 843. The number of rotatable bonds is 4. The summed E-state index contributed by atoms with van der Waals surface area (Å²) in [6.07, 6.45) is 0.542. The molecule has 0 saturated carbocycles. The molecule has 6 nitrogen and oxygen atoms in total. The lowest BCUT2D eigenvalue weighted by molar-refractivity contribution is -0.128. The summed E-state index contributed by atoms with van der Waals surface area (Å²) < 4.78 is 11.2. The second-order valence-electron chi connectivity index (χ2n) is 8.48. The van der Waals surface area contributed by atoms with Crippen LogP contribution in [-0.2, 0) is 22.6 Å². The molecule has 1 aromatic heterocycles. The highest BCUT2D eigenvalue weighted by atomic mass is 16.5. The third-order valence-corrected chi connectivity index (χ3v) is 5.94. The summed E-state index contributed by atoms with van der Waals surface area (Å²) in [7, 11) is 0. The second kappa shape index (κ2) is 7.68. The molecule has 0 radical (unpaired) electrons. The van der Waals surface area contributed by atoms with Crippen LogP contribution in [0.4, 0.5) is 0 Å². The van der Waals surface area contributed by atoms with Gasteiger partial charge in [-0.1, -0.05) is 35.0 Å². The summed E-state index contributed by atoms with van der Waals surface area (Å²) in [5.41, 5.74) is 4.34. The van der Waals surface area contributed by atoms with E-state index in [0.29, 0.717) is 26.2 Å². The normalized spacial score (nSPS) is 23.5. The van der Waals surface area contributed by atoms with E-state index in [0.717, 1.165) is 43.2 Å². The summed E-state index contributed by atoms with van der Waals surface area (Å²) in [4.78, 5) is 17.2. The highest BCUT2D eigenvalue weighted by Gasteiger charge is 2.45. The van der Waals surface area contributed by atoms with Crippen LogP contribution >= 0.6 is 0 Å². The first-order valence-corrected chi connectivity index (χ1v) is 9.99. The summed E-state index contributed by atoms with van der Waals surface area (Å²) >= 11 is 0. The Morgan fingerprint density at radius 1 is 1.18 bits per heavy atom. The molecule has 2 saturated heterocycles. The summed E-state index contributed by atoms with van der Waals surface area (Å²) in [5.74, 6) is 0.991. The van der Waals surface area contributed by atoms with Crippen LogP contribution in [0.1, 0.15) is 34.6 Å². The molecule has 1 spiro atoms. The SMILES string of the molecule is Cc1cccc(CN2CCOC[C@@]3(CC(=O)N(Cc4c(C)noc4C)C3)C2)c1. The quantitative estimate of drug-likeness (QED) is 0.813. The predicted molar refractivity (Wildman–Crippen MR) is 106 cm³/mol. The van der Waals surface area contributed by atoms with Gasteiger partial charge in [-0.15, -0.1) is 0 Å². The first kappa shape index (κ1) is 19.2. The molecule has 1 aromatic carbocycles. The number of likely N-dealkylation sites (tertiary alicyclic amines) is 1. The summed E-state index contributed by atoms with van der Waals surface area (Å²) in [6, 6.07) is 8.65. The number of aryl methyl sites for hydroxylation is 3. The molecule has 6 heteroatoms. The topological polar surface area (TPSA) is 58.8 Å². The van der Waals surface area contributed by atoms with E-state index in [-0.39, 0.29) is 11.3 Å². The van der Waals surface area contributed by atoms with Crippen molar-refractivity contribution in [3.63, 3.8) is 0 Å². The van der Waals surface area contributed by atoms with E-state index in [9.17, 15) is 4.79 Å². The average molecular weight is 383 g/mol. The Morgan fingerprint density at radius 3 is 2.79 bits per heavy atom. The number of carbonyl (C=O) groups is 1. The minimum absolute atomic E-state index is 0.142. The number of hydrogen-bond acceptors (Lipinski definition) is 5. The first-order chi connectivity index (χ1) is 13.4. The number of nitrogens with zero attached hydrogens (tertiary/aromatic N) is 3. The van der Waals surface area contributed by atoms with Gasteiger partial charge in [0.05, 0.1) is 25.5 Å². The highest BCUT2D eigenvalue weighted by Crippen LogP contribution is 2.36. The maximum absolute atomic E-state index is 12.8. The molecular formula is C22H29N3O3. The van der Waals surface area contributed by atoms with E-state index < -0.39 is 0 Å². The molecule has 150 valence electrons. The molecule has 2 aromatic rings. The second-order valence-corrected chi connectivity index (χ2v) is 8.48. The molecule has 1 atom stereocenters. The fraction of sp³-hybridized carbons (Fsp3) is 0.545. The molecule has 3 heterocycles. The third-order valence-electron chi connectivity index (χ3n) is 5.94. The van der Waals surface area contributed by atoms with E-state index in [4.69, 9.17) is 9.26 Å². The van der Waals surface area contributed by atoms with Crippen molar-refractivity contribution in [3.05, 3.63) is 52.4 Å². The van der Waals surface area contributed by atoms with Crippen molar-refractivity contribution in [2.45, 2.75) is 40.3 Å². The lowest BCUT2D eigenvalue weighted by atomic mass is 9.87. The predicted octanol–water partition coefficient (Wildman–Crippen LogP) is 2.85. The number of ether oxygens (including phenoxy) is 1. The Balaban J connectivity index is 1.48. The maximum atomic E-state index is 12.8. The van der Waals surface area contributed by atoms with Crippen molar-refractivity contribution in [3.8, 4) is 0 Å². The van der Waals surface area contributed by atoms with Crippen molar-refractivity contribution in [2.24, 2.45) is 5.41 Å². The Labute approximate surface area is 166 Å². The van der Waals surface area contributed by atoms with Crippen LogP contribution in [0, 0.1) is 26.2 Å². The van der Waals surface area contributed by atoms with Crippen LogP contribution in [0.2, 0.25) is 0 Å². The van der Waals surface area contributed by atoms with Crippen molar-refractivity contribution in [2.75, 3.05) is 32.8 Å². The Morgan fingerprint density at radius 2 is 2.04 bits per heavy atom. The Kier molecular flexibility index (Phi) is 5.25. The molecule has 0 bridgehead atoms. The van der Waals surface area contributed by atoms with Crippen LogP contribution in [0.25, 0.3) is 0 Å². The van der Waals surface area contributed by atoms with Gasteiger partial charge in [0, 0.05) is 43.6 Å². The van der Waals surface area contributed by atoms with E-state index in [1.165, 1.54) is 11.1 Å². The monoisotopic (exact) mass is 383 g/mol. The molecule has 2 aliphatic rings. The first-order valence-electron chi connectivity index (χ1n) is 9.99. The number of benzene rings is 1. The van der Waals surface area contributed by atoms with Crippen LogP contribution < -0.4 is 0 Å². The van der Waals surface area contributed by atoms with Gasteiger partial charge in [-0.05, 0) is 26.3 Å². The lowest BCUT2D eigenvalue weighted by Crippen LogP contribution is -2.40. The number of amides is 1. The zero-order valence-corrected chi connectivity index (χ0v) is 17.0. The summed E-state index contributed by atoms with van der Waals surface area (Å²) in [6.45, 7) is 11.3. The largest absolute Gasteiger partial charge is 0.379 e. The zero-order chi connectivity index (χ0) is 19.7. The number of hydrogen-bond donors (Lipinski definition) is 0. The van der Waals surface area contributed by atoms with Gasteiger partial charge < -0.3 is 14.2 Å². The maximum Gasteiger partial charge on any atom is 0.223 e. The highest BCUT2D eigenvalue weighted by molar-refractivity contribution is 5.79. The van der Waals surface area contributed by atoms with Gasteiger partial charge in [0.2, 0.25) is 5.91 Å². The number of aromatic nitrogens is 1. The van der Waals surface area contributed by atoms with Gasteiger partial charge in [0.25, 0.3) is 0 Å². The molecule has 2 fully saturated rings. The molecule has 0 unspecified atom stereocenters. The third kappa shape index (κ3) is 3.98. The van der Waals surface area contributed by atoms with Gasteiger partial charge in [-0.2, -0.15) is 0 Å². The van der Waals surface area contributed by atoms with Gasteiger partial charge >= 0.3 is 0 Å². The lowest BCUT2D eigenvalue weighted by Gasteiger charge is -2.31. The molecular weight excluding hydrogens is 354 g/mol. The van der Waals surface area contributed by atoms with Gasteiger partial charge in [-0.3, -0.25) is 9.69 Å². The minimum Gasteiger partial charge on any atom is -0.379 e. The summed E-state index contributed by atoms with van der Waals surface area (Å²) in [5, 5.41) is 4.02. The fourth-order valence-corrected chi connectivity index (χ4v) is 4.53. The standard InChI is InChI=1S/C22H29N3O3/c1-16-5-4-6-19(9-16)11-24-7-8-27-15-22(13-24)10-21(26)25(14-22)12-20-17(2)23-28-18(20)3/h4-6,9H,7-8,10-15H2,1-3H3/t22-/m0/s1. The van der Waals surface area contributed by atoms with Gasteiger partial charge in [0.1, 0.15) is 5.76 Å². The molecule has 28 heavy (non-hydrogen) atoms. The van der Waals surface area contributed by atoms with Crippen molar-refractivity contribution in [1.82, 2.24) is 15.0 Å². The van der Waals surface area contributed by atoms with E-state index in [1.54, 1.807) is 0 Å². The van der Waals surface area contributed by atoms with Crippen LogP contribution in [-0.4, -0.2) is 53.7 Å². The smallest absolute Gasteiger partial charge is 0.223 e. The fourth-order valence-electron chi connectivity index (χ4n) is 4.53. The number of carbonyl (C=O) groups excluding carboxylic acids is 1. The molecule has 0 N–H and O–H groups in total. The van der Waals surface area contributed by atoms with Gasteiger partial charge in [0.15, 0.2) is 0 Å². The van der Waals surface area contributed by atoms with E-state index in [2.05, 4.69) is 41.2 Å². The average Bonchev–Trinajstić information content (AvgIpc) is 3.03. The van der Waals surface area contributed by atoms with E-state index >= 15 is 0 Å². The van der Waals surface area contributed by atoms with Crippen LogP contribution in [0.3, 0.4) is 0 Å². The van der Waals surface area contributed by atoms with E-state index in [1.807, 2.05) is 18.7 Å². The van der Waals surface area contributed by atoms with Crippen molar-refractivity contribution < 1.29 is 14.1 Å². The molecule has 0 aliphatic carbocycles. The van der Waals surface area contributed by atoms with Gasteiger partial charge in [-0.25, -0.2) is 0 Å². The molecule has 4 rings (SSSR count). The molecule has 1 amide bonds. The van der Waals surface area contributed by atoms with Crippen LogP contribution in [0.15, 0.2) is 28.8 Å². The van der Waals surface area contributed by atoms with Crippen molar-refractivity contribution >= 4 is 5.91 Å². The molecule has 2 aliphatic heterocycles. The minimum atomic E-state index is -0.142.